The Labute approximate surface area is 127 Å². The highest BCUT2D eigenvalue weighted by atomic mass is 35.5. The predicted octanol–water partition coefficient (Wildman–Crippen LogP) is 3.79. The minimum Gasteiger partial charge on any atom is -0.352 e. The number of thiophene rings is 1. The minimum atomic E-state index is -0.184. The summed E-state index contributed by atoms with van der Waals surface area (Å²) < 4.78 is 0.777. The van der Waals surface area contributed by atoms with Gasteiger partial charge in [-0.2, -0.15) is 0 Å². The lowest BCUT2D eigenvalue weighted by atomic mass is 9.75. The van der Waals surface area contributed by atoms with Gasteiger partial charge in [-0.25, -0.2) is 0 Å². The normalized spacial score (nSPS) is 25.7. The second kappa shape index (κ2) is 5.23. The third kappa shape index (κ3) is 2.48. The van der Waals surface area contributed by atoms with E-state index in [9.17, 15) is 4.79 Å². The number of halogens is 1. The zero-order chi connectivity index (χ0) is 14.2. The van der Waals surface area contributed by atoms with Crippen LogP contribution in [0.25, 0.3) is 0 Å². The lowest BCUT2D eigenvalue weighted by Gasteiger charge is -2.29. The van der Waals surface area contributed by atoms with Crippen LogP contribution in [-0.4, -0.2) is 11.9 Å². The van der Waals surface area contributed by atoms with Gasteiger partial charge in [0.2, 0.25) is 5.91 Å². The van der Waals surface area contributed by atoms with E-state index in [1.807, 2.05) is 24.3 Å². The Morgan fingerprint density at radius 1 is 1.40 bits per heavy atom. The SMILES string of the molecule is CC1(c2csc(Cl)c2)CC(=O)NC1Cc1ccccc1. The molecule has 1 N–H and O–H groups in total. The quantitative estimate of drug-likeness (QED) is 0.918. The smallest absolute Gasteiger partial charge is 0.221 e. The molecule has 2 aromatic rings. The summed E-state index contributed by atoms with van der Waals surface area (Å²) in [7, 11) is 0. The number of carbonyl (C=O) groups is 1. The highest BCUT2D eigenvalue weighted by Gasteiger charge is 2.44. The van der Waals surface area contributed by atoms with E-state index < -0.39 is 0 Å². The van der Waals surface area contributed by atoms with E-state index in [-0.39, 0.29) is 17.4 Å². The number of nitrogens with one attached hydrogen (secondary N) is 1. The van der Waals surface area contributed by atoms with Gasteiger partial charge < -0.3 is 5.32 Å². The first kappa shape index (κ1) is 13.7. The zero-order valence-electron chi connectivity index (χ0n) is 11.2. The standard InChI is InChI=1S/C16H16ClNOS/c1-16(12-8-14(17)20-10-12)9-15(19)18-13(16)7-11-5-3-2-4-6-11/h2-6,8,10,13H,7,9H2,1H3,(H,18,19). The van der Waals surface area contributed by atoms with E-state index >= 15 is 0 Å². The lowest BCUT2D eigenvalue weighted by Crippen LogP contribution is -2.39. The van der Waals surface area contributed by atoms with Gasteiger partial charge in [0.05, 0.1) is 4.34 Å². The summed E-state index contributed by atoms with van der Waals surface area (Å²) in [5.41, 5.74) is 2.22. The molecular formula is C16H16ClNOS. The third-order valence-electron chi connectivity index (χ3n) is 4.14. The molecule has 1 aliphatic heterocycles. The molecule has 1 saturated heterocycles. The van der Waals surface area contributed by atoms with Crippen LogP contribution in [0.4, 0.5) is 0 Å². The molecule has 0 saturated carbocycles. The molecule has 1 aliphatic rings. The van der Waals surface area contributed by atoms with Gasteiger partial charge in [-0.15, -0.1) is 11.3 Å². The number of benzene rings is 1. The van der Waals surface area contributed by atoms with Crippen LogP contribution in [-0.2, 0) is 16.6 Å². The Kier molecular flexibility index (Phi) is 3.57. The van der Waals surface area contributed by atoms with Crippen LogP contribution in [0.15, 0.2) is 41.8 Å². The maximum absolute atomic E-state index is 11.9. The molecule has 1 aromatic carbocycles. The number of hydrogen-bond acceptors (Lipinski definition) is 2. The molecule has 2 unspecified atom stereocenters. The van der Waals surface area contributed by atoms with Gasteiger partial charge in [-0.05, 0) is 29.0 Å². The average molecular weight is 306 g/mol. The zero-order valence-corrected chi connectivity index (χ0v) is 12.8. The van der Waals surface area contributed by atoms with Crippen LogP contribution in [0.3, 0.4) is 0 Å². The molecule has 1 fully saturated rings. The van der Waals surface area contributed by atoms with E-state index in [2.05, 4.69) is 29.8 Å². The summed E-state index contributed by atoms with van der Waals surface area (Å²) in [5, 5.41) is 5.19. The van der Waals surface area contributed by atoms with Crippen molar-refractivity contribution in [3.05, 3.63) is 57.2 Å². The van der Waals surface area contributed by atoms with Crippen LogP contribution in [0.1, 0.15) is 24.5 Å². The van der Waals surface area contributed by atoms with Crippen molar-refractivity contribution in [3.63, 3.8) is 0 Å². The van der Waals surface area contributed by atoms with Gasteiger partial charge in [-0.3, -0.25) is 4.79 Å². The van der Waals surface area contributed by atoms with Crippen LogP contribution >= 0.6 is 22.9 Å². The van der Waals surface area contributed by atoms with E-state index in [0.29, 0.717) is 6.42 Å². The number of hydrogen-bond donors (Lipinski definition) is 1. The summed E-state index contributed by atoms with van der Waals surface area (Å²) in [6.07, 6.45) is 1.37. The van der Waals surface area contributed by atoms with Crippen molar-refractivity contribution >= 4 is 28.8 Å². The van der Waals surface area contributed by atoms with E-state index in [1.165, 1.54) is 16.9 Å². The monoisotopic (exact) mass is 305 g/mol. The first-order valence-electron chi connectivity index (χ1n) is 6.66. The van der Waals surface area contributed by atoms with Gasteiger partial charge in [0.25, 0.3) is 0 Å². The first-order chi connectivity index (χ1) is 9.58. The van der Waals surface area contributed by atoms with Gasteiger partial charge >= 0.3 is 0 Å². The fourth-order valence-corrected chi connectivity index (χ4v) is 3.92. The molecule has 1 amide bonds. The minimum absolute atomic E-state index is 0.114. The van der Waals surface area contributed by atoms with Crippen molar-refractivity contribution in [3.8, 4) is 0 Å². The molecule has 20 heavy (non-hydrogen) atoms. The molecule has 0 spiro atoms. The molecule has 2 heterocycles. The summed E-state index contributed by atoms with van der Waals surface area (Å²) in [5.74, 6) is 0.121. The van der Waals surface area contributed by atoms with E-state index in [4.69, 9.17) is 11.6 Å². The second-order valence-electron chi connectivity index (χ2n) is 5.54. The van der Waals surface area contributed by atoms with Crippen molar-refractivity contribution in [2.24, 2.45) is 0 Å². The topological polar surface area (TPSA) is 29.1 Å². The second-order valence-corrected chi connectivity index (χ2v) is 7.09. The average Bonchev–Trinajstić information content (AvgIpc) is 2.97. The molecule has 0 bridgehead atoms. The fourth-order valence-electron chi connectivity index (χ4n) is 2.90. The molecule has 0 aliphatic carbocycles. The first-order valence-corrected chi connectivity index (χ1v) is 7.91. The molecule has 1 aromatic heterocycles. The molecule has 2 atom stereocenters. The summed E-state index contributed by atoms with van der Waals surface area (Å²) in [6.45, 7) is 2.15. The highest BCUT2D eigenvalue weighted by Crippen LogP contribution is 2.40. The molecular weight excluding hydrogens is 290 g/mol. The van der Waals surface area contributed by atoms with Gasteiger partial charge in [0, 0.05) is 17.9 Å². The Morgan fingerprint density at radius 2 is 2.15 bits per heavy atom. The third-order valence-corrected chi connectivity index (χ3v) is 5.23. The van der Waals surface area contributed by atoms with Crippen molar-refractivity contribution in [1.82, 2.24) is 5.32 Å². The van der Waals surface area contributed by atoms with E-state index in [0.717, 1.165) is 16.3 Å². The molecule has 2 nitrogen and oxygen atoms in total. The van der Waals surface area contributed by atoms with Gasteiger partial charge in [0.15, 0.2) is 0 Å². The van der Waals surface area contributed by atoms with Crippen LogP contribution in [0.2, 0.25) is 4.34 Å². The summed E-state index contributed by atoms with van der Waals surface area (Å²) >= 11 is 7.58. The van der Waals surface area contributed by atoms with Crippen molar-refractivity contribution in [2.45, 2.75) is 31.2 Å². The molecule has 0 radical (unpaired) electrons. The fraction of sp³-hybridized carbons (Fsp3) is 0.312. The highest BCUT2D eigenvalue weighted by molar-refractivity contribution is 7.14. The van der Waals surface area contributed by atoms with Crippen molar-refractivity contribution < 1.29 is 4.79 Å². The summed E-state index contributed by atoms with van der Waals surface area (Å²) in [4.78, 5) is 11.9. The van der Waals surface area contributed by atoms with Crippen molar-refractivity contribution in [2.75, 3.05) is 0 Å². The number of amides is 1. The van der Waals surface area contributed by atoms with Crippen LogP contribution < -0.4 is 5.32 Å². The Bertz CT molecular complexity index is 624. The Morgan fingerprint density at radius 3 is 2.80 bits per heavy atom. The number of carbonyl (C=O) groups excluding carboxylic acids is 1. The Hall–Kier alpha value is -1.32. The predicted molar refractivity (Wildman–Crippen MR) is 83.4 cm³/mol. The van der Waals surface area contributed by atoms with Crippen LogP contribution in [0, 0.1) is 0 Å². The lowest BCUT2D eigenvalue weighted by molar-refractivity contribution is -0.119. The maximum atomic E-state index is 11.9. The maximum Gasteiger partial charge on any atom is 0.221 e. The van der Waals surface area contributed by atoms with Gasteiger partial charge in [-0.1, -0.05) is 48.9 Å². The summed E-state index contributed by atoms with van der Waals surface area (Å²) in [6, 6.07) is 12.4. The molecule has 3 rings (SSSR count). The molecule has 104 valence electrons. The van der Waals surface area contributed by atoms with Gasteiger partial charge in [0.1, 0.15) is 0 Å². The van der Waals surface area contributed by atoms with Crippen LogP contribution in [0.5, 0.6) is 0 Å². The molecule has 4 heteroatoms. The largest absolute Gasteiger partial charge is 0.352 e. The van der Waals surface area contributed by atoms with Crippen molar-refractivity contribution in [1.29, 1.82) is 0 Å². The number of rotatable bonds is 3. The van der Waals surface area contributed by atoms with E-state index in [1.54, 1.807) is 0 Å². The Balaban J connectivity index is 1.90.